The van der Waals surface area contributed by atoms with Crippen molar-refractivity contribution in [3.63, 3.8) is 0 Å². The summed E-state index contributed by atoms with van der Waals surface area (Å²) >= 11 is 0. The number of hydrogen-bond donors (Lipinski definition) is 1. The van der Waals surface area contributed by atoms with Crippen LogP contribution in [0, 0.1) is 0 Å². The quantitative estimate of drug-likeness (QED) is 0.741. The minimum Gasteiger partial charge on any atom is -0.372 e. The lowest BCUT2D eigenvalue weighted by Crippen LogP contribution is -2.34. The molecule has 0 radical (unpaired) electrons. The van der Waals surface area contributed by atoms with Gasteiger partial charge in [-0.15, -0.1) is 0 Å². The summed E-state index contributed by atoms with van der Waals surface area (Å²) < 4.78 is 5.55. The van der Waals surface area contributed by atoms with Gasteiger partial charge in [-0.25, -0.2) is 0 Å². The van der Waals surface area contributed by atoms with Crippen LogP contribution in [-0.4, -0.2) is 13.7 Å². The predicted molar refractivity (Wildman–Crippen MR) is 52.5 cm³/mol. The normalized spacial score (nSPS) is 26.0. The molecule has 1 aliphatic rings. The van der Waals surface area contributed by atoms with Crippen LogP contribution in [0.4, 0.5) is 0 Å². The zero-order valence-electron chi connectivity index (χ0n) is 7.92. The lowest BCUT2D eigenvalue weighted by atomic mass is 9.96. The van der Waals surface area contributed by atoms with E-state index in [0.717, 1.165) is 12.8 Å². The van der Waals surface area contributed by atoms with Gasteiger partial charge in [-0.1, -0.05) is 24.3 Å². The molecule has 1 aliphatic carbocycles. The summed E-state index contributed by atoms with van der Waals surface area (Å²) in [6, 6.07) is 8.40. The highest BCUT2D eigenvalue weighted by Crippen LogP contribution is 2.38. The van der Waals surface area contributed by atoms with Crippen LogP contribution in [0.5, 0.6) is 0 Å². The summed E-state index contributed by atoms with van der Waals surface area (Å²) in [6.07, 6.45) is 2.10. The van der Waals surface area contributed by atoms with Gasteiger partial charge in [0, 0.05) is 13.7 Å². The second-order valence-electron chi connectivity index (χ2n) is 3.56. The molecule has 0 fully saturated rings. The Morgan fingerprint density at radius 1 is 1.46 bits per heavy atom. The first-order valence-corrected chi connectivity index (χ1v) is 4.66. The molecular formula is C11H15NO. The highest BCUT2D eigenvalue weighted by atomic mass is 16.5. The van der Waals surface area contributed by atoms with Crippen molar-refractivity contribution in [2.24, 2.45) is 5.73 Å². The van der Waals surface area contributed by atoms with Crippen molar-refractivity contribution in [2.75, 3.05) is 13.7 Å². The molecule has 0 saturated heterocycles. The van der Waals surface area contributed by atoms with E-state index in [1.807, 2.05) is 6.07 Å². The van der Waals surface area contributed by atoms with Gasteiger partial charge in [0.25, 0.3) is 0 Å². The average molecular weight is 177 g/mol. The fourth-order valence-electron chi connectivity index (χ4n) is 2.16. The van der Waals surface area contributed by atoms with Crippen LogP contribution in [-0.2, 0) is 16.8 Å². The Balaban J connectivity index is 2.47. The topological polar surface area (TPSA) is 35.2 Å². The molecule has 1 aromatic carbocycles. The number of ether oxygens (including phenoxy) is 1. The monoisotopic (exact) mass is 177 g/mol. The number of fused-ring (bicyclic) bond motifs is 1. The van der Waals surface area contributed by atoms with Crippen molar-refractivity contribution in [2.45, 2.75) is 18.4 Å². The molecule has 2 heteroatoms. The Morgan fingerprint density at radius 2 is 2.23 bits per heavy atom. The van der Waals surface area contributed by atoms with E-state index in [1.165, 1.54) is 11.1 Å². The lowest BCUT2D eigenvalue weighted by Gasteiger charge is -2.26. The van der Waals surface area contributed by atoms with Crippen molar-refractivity contribution in [1.29, 1.82) is 0 Å². The fourth-order valence-corrected chi connectivity index (χ4v) is 2.16. The zero-order chi connectivity index (χ0) is 9.31. The number of methoxy groups -OCH3 is 1. The van der Waals surface area contributed by atoms with E-state index >= 15 is 0 Å². The van der Waals surface area contributed by atoms with E-state index in [1.54, 1.807) is 7.11 Å². The van der Waals surface area contributed by atoms with Crippen LogP contribution >= 0.6 is 0 Å². The number of nitrogens with two attached hydrogens (primary N) is 1. The van der Waals surface area contributed by atoms with Crippen molar-refractivity contribution >= 4 is 0 Å². The van der Waals surface area contributed by atoms with Gasteiger partial charge in [-0.2, -0.15) is 0 Å². The Bertz CT molecular complexity index is 305. The molecule has 1 aromatic rings. The summed E-state index contributed by atoms with van der Waals surface area (Å²) in [7, 11) is 1.74. The zero-order valence-corrected chi connectivity index (χ0v) is 7.92. The van der Waals surface area contributed by atoms with Gasteiger partial charge in [0.1, 0.15) is 5.60 Å². The van der Waals surface area contributed by atoms with Crippen molar-refractivity contribution < 1.29 is 4.74 Å². The van der Waals surface area contributed by atoms with Crippen molar-refractivity contribution in [3.8, 4) is 0 Å². The van der Waals surface area contributed by atoms with Gasteiger partial charge in [0.2, 0.25) is 0 Å². The van der Waals surface area contributed by atoms with Crippen molar-refractivity contribution in [1.82, 2.24) is 0 Å². The molecule has 2 rings (SSSR count). The molecule has 13 heavy (non-hydrogen) atoms. The third-order valence-electron chi connectivity index (χ3n) is 3.03. The number of rotatable bonds is 2. The molecule has 0 aromatic heterocycles. The predicted octanol–water partition coefficient (Wildman–Crippen LogP) is 1.43. The van der Waals surface area contributed by atoms with E-state index in [-0.39, 0.29) is 5.60 Å². The summed E-state index contributed by atoms with van der Waals surface area (Å²) in [5.74, 6) is 0. The molecule has 0 bridgehead atoms. The number of benzene rings is 1. The molecule has 2 nitrogen and oxygen atoms in total. The molecule has 2 N–H and O–H groups in total. The van der Waals surface area contributed by atoms with E-state index in [2.05, 4.69) is 18.2 Å². The first-order valence-electron chi connectivity index (χ1n) is 4.66. The Labute approximate surface area is 78.7 Å². The van der Waals surface area contributed by atoms with Crippen LogP contribution in [0.25, 0.3) is 0 Å². The SMILES string of the molecule is COC1(CN)CCc2ccccc21. The molecule has 0 spiro atoms. The maximum Gasteiger partial charge on any atom is 0.105 e. The maximum atomic E-state index is 5.77. The highest BCUT2D eigenvalue weighted by molar-refractivity contribution is 5.37. The van der Waals surface area contributed by atoms with Gasteiger partial charge >= 0.3 is 0 Å². The van der Waals surface area contributed by atoms with Crippen LogP contribution in [0.1, 0.15) is 17.5 Å². The van der Waals surface area contributed by atoms with Crippen LogP contribution in [0.3, 0.4) is 0 Å². The molecule has 0 saturated carbocycles. The molecule has 0 amide bonds. The van der Waals surface area contributed by atoms with Crippen LogP contribution in [0.2, 0.25) is 0 Å². The first kappa shape index (κ1) is 8.73. The summed E-state index contributed by atoms with van der Waals surface area (Å²) in [5.41, 5.74) is 8.22. The second kappa shape index (κ2) is 3.13. The molecule has 0 heterocycles. The summed E-state index contributed by atoms with van der Waals surface area (Å²) in [5, 5.41) is 0. The Kier molecular flexibility index (Phi) is 2.10. The van der Waals surface area contributed by atoms with E-state index in [0.29, 0.717) is 6.54 Å². The maximum absolute atomic E-state index is 5.77. The van der Waals surface area contributed by atoms with Crippen LogP contribution in [0.15, 0.2) is 24.3 Å². The van der Waals surface area contributed by atoms with Gasteiger partial charge < -0.3 is 10.5 Å². The largest absolute Gasteiger partial charge is 0.372 e. The third kappa shape index (κ3) is 1.18. The summed E-state index contributed by atoms with van der Waals surface area (Å²) in [6.45, 7) is 0.570. The minimum absolute atomic E-state index is 0.212. The number of hydrogen-bond acceptors (Lipinski definition) is 2. The fraction of sp³-hybridized carbons (Fsp3) is 0.455. The third-order valence-corrected chi connectivity index (χ3v) is 3.03. The highest BCUT2D eigenvalue weighted by Gasteiger charge is 2.37. The molecular weight excluding hydrogens is 162 g/mol. The lowest BCUT2D eigenvalue weighted by molar-refractivity contribution is -0.00513. The molecule has 1 unspecified atom stereocenters. The average Bonchev–Trinajstić information content (AvgIpc) is 2.58. The Hall–Kier alpha value is -0.860. The van der Waals surface area contributed by atoms with Gasteiger partial charge in [-0.3, -0.25) is 0 Å². The standard InChI is InChI=1S/C11H15NO/c1-13-11(8-12)7-6-9-4-2-3-5-10(9)11/h2-5H,6-8,12H2,1H3. The van der Waals surface area contributed by atoms with Crippen LogP contribution < -0.4 is 5.73 Å². The first-order chi connectivity index (χ1) is 6.32. The summed E-state index contributed by atoms with van der Waals surface area (Å²) in [4.78, 5) is 0. The second-order valence-corrected chi connectivity index (χ2v) is 3.56. The number of aryl methyl sites for hydroxylation is 1. The van der Waals surface area contributed by atoms with E-state index in [4.69, 9.17) is 10.5 Å². The smallest absolute Gasteiger partial charge is 0.105 e. The van der Waals surface area contributed by atoms with Crippen molar-refractivity contribution in [3.05, 3.63) is 35.4 Å². The van der Waals surface area contributed by atoms with Gasteiger partial charge in [-0.05, 0) is 24.0 Å². The molecule has 1 atom stereocenters. The van der Waals surface area contributed by atoms with E-state index < -0.39 is 0 Å². The Morgan fingerprint density at radius 3 is 2.92 bits per heavy atom. The van der Waals surface area contributed by atoms with Gasteiger partial charge in [0.05, 0.1) is 0 Å². The van der Waals surface area contributed by atoms with Gasteiger partial charge in [0.15, 0.2) is 0 Å². The molecule has 0 aliphatic heterocycles. The molecule has 70 valence electrons. The van der Waals surface area contributed by atoms with E-state index in [9.17, 15) is 0 Å². The minimum atomic E-state index is -0.212.